The predicted octanol–water partition coefficient (Wildman–Crippen LogP) is 2.24. The molecule has 18 heavy (non-hydrogen) atoms. The maximum Gasteiger partial charge on any atom is 0.251 e. The highest BCUT2D eigenvalue weighted by Gasteiger charge is 2.16. The summed E-state index contributed by atoms with van der Waals surface area (Å²) < 4.78 is 0. The Morgan fingerprint density at radius 3 is 2.56 bits per heavy atom. The van der Waals surface area contributed by atoms with Crippen LogP contribution in [0.1, 0.15) is 40.2 Å². The van der Waals surface area contributed by atoms with Crippen molar-refractivity contribution >= 4 is 18.3 Å². The van der Waals surface area contributed by atoms with Gasteiger partial charge >= 0.3 is 0 Å². The van der Waals surface area contributed by atoms with Crippen LogP contribution < -0.4 is 10.6 Å². The van der Waals surface area contributed by atoms with Crippen LogP contribution in [0.4, 0.5) is 0 Å². The molecule has 1 heterocycles. The first-order valence-corrected chi connectivity index (χ1v) is 6.25. The number of carbonyl (C=O) groups is 1. The Morgan fingerprint density at radius 1 is 1.33 bits per heavy atom. The average molecular weight is 269 g/mol. The maximum atomic E-state index is 11.6. The third-order valence-electron chi connectivity index (χ3n) is 3.53. The Balaban J connectivity index is 0.00000162. The Hall–Kier alpha value is -1.06. The summed E-state index contributed by atoms with van der Waals surface area (Å²) in [5.41, 5.74) is 3.22. The van der Waals surface area contributed by atoms with Gasteiger partial charge < -0.3 is 10.6 Å². The van der Waals surface area contributed by atoms with E-state index in [4.69, 9.17) is 0 Å². The summed E-state index contributed by atoms with van der Waals surface area (Å²) in [5.74, 6) is 0.646. The molecule has 3 nitrogen and oxygen atoms in total. The van der Waals surface area contributed by atoms with E-state index < -0.39 is 0 Å². The zero-order valence-electron chi connectivity index (χ0n) is 11.0. The first-order chi connectivity index (χ1) is 8.22. The van der Waals surface area contributed by atoms with E-state index in [0.717, 1.165) is 24.2 Å². The zero-order valence-corrected chi connectivity index (χ0v) is 11.8. The minimum atomic E-state index is -0.000592. The molecule has 4 heteroatoms. The molecule has 1 aromatic rings. The molecule has 1 aliphatic heterocycles. The van der Waals surface area contributed by atoms with E-state index in [0.29, 0.717) is 5.92 Å². The molecule has 0 aromatic heterocycles. The van der Waals surface area contributed by atoms with E-state index in [9.17, 15) is 4.79 Å². The topological polar surface area (TPSA) is 41.1 Å². The number of amides is 1. The van der Waals surface area contributed by atoms with E-state index in [2.05, 4.69) is 22.8 Å². The highest BCUT2D eigenvalue weighted by molar-refractivity contribution is 5.95. The minimum absolute atomic E-state index is 0. The van der Waals surface area contributed by atoms with Crippen molar-refractivity contribution in [3.63, 3.8) is 0 Å². The second-order valence-electron chi connectivity index (χ2n) is 4.68. The minimum Gasteiger partial charge on any atom is -0.355 e. The summed E-state index contributed by atoms with van der Waals surface area (Å²) in [7, 11) is 1.67. The third kappa shape index (κ3) is 3.24. The van der Waals surface area contributed by atoms with Crippen LogP contribution in [-0.4, -0.2) is 26.0 Å². The van der Waals surface area contributed by atoms with Gasteiger partial charge in [-0.25, -0.2) is 0 Å². The molecular formula is C14H21ClN2O. The van der Waals surface area contributed by atoms with Crippen LogP contribution in [0.3, 0.4) is 0 Å². The highest BCUT2D eigenvalue weighted by Crippen LogP contribution is 2.26. The Kier molecular flexibility index (Phi) is 5.63. The Labute approximate surface area is 115 Å². The Morgan fingerprint density at radius 2 is 2.00 bits per heavy atom. The lowest BCUT2D eigenvalue weighted by Crippen LogP contribution is -2.26. The molecule has 0 saturated carbocycles. The summed E-state index contributed by atoms with van der Waals surface area (Å²) in [6.07, 6.45) is 2.39. The van der Waals surface area contributed by atoms with E-state index in [1.54, 1.807) is 7.05 Å². The highest BCUT2D eigenvalue weighted by atomic mass is 35.5. The van der Waals surface area contributed by atoms with Gasteiger partial charge in [0, 0.05) is 12.6 Å². The fourth-order valence-electron chi connectivity index (χ4n) is 2.49. The summed E-state index contributed by atoms with van der Waals surface area (Å²) in [5, 5.41) is 6.05. The number of hydrogen-bond acceptors (Lipinski definition) is 2. The number of nitrogens with one attached hydrogen (secondary N) is 2. The van der Waals surface area contributed by atoms with Gasteiger partial charge in [0.2, 0.25) is 0 Å². The molecule has 0 radical (unpaired) electrons. The van der Waals surface area contributed by atoms with E-state index in [1.807, 2.05) is 13.0 Å². The molecule has 2 N–H and O–H groups in total. The number of benzene rings is 1. The van der Waals surface area contributed by atoms with Crippen LogP contribution >= 0.6 is 12.4 Å². The van der Waals surface area contributed by atoms with Gasteiger partial charge in [-0.15, -0.1) is 12.4 Å². The lowest BCUT2D eigenvalue weighted by Gasteiger charge is -2.23. The standard InChI is InChI=1S/C14H20N2O.ClH/c1-10-9-12(11-5-7-16-8-6-11)3-4-13(10)14(17)15-2;/h3-4,9,11,16H,5-8H2,1-2H3,(H,15,17);1H. The van der Waals surface area contributed by atoms with Crippen LogP contribution in [-0.2, 0) is 0 Å². The van der Waals surface area contributed by atoms with Crippen molar-refractivity contribution in [3.05, 3.63) is 34.9 Å². The zero-order chi connectivity index (χ0) is 12.3. The first-order valence-electron chi connectivity index (χ1n) is 6.25. The van der Waals surface area contributed by atoms with Crippen molar-refractivity contribution in [3.8, 4) is 0 Å². The van der Waals surface area contributed by atoms with Crippen LogP contribution in [0.15, 0.2) is 18.2 Å². The quantitative estimate of drug-likeness (QED) is 0.864. The Bertz CT molecular complexity index is 414. The largest absolute Gasteiger partial charge is 0.355 e. The van der Waals surface area contributed by atoms with E-state index >= 15 is 0 Å². The second-order valence-corrected chi connectivity index (χ2v) is 4.68. The molecule has 0 unspecified atom stereocenters. The molecule has 1 aromatic carbocycles. The number of carbonyl (C=O) groups excluding carboxylic acids is 1. The van der Waals surface area contributed by atoms with Crippen molar-refractivity contribution in [1.29, 1.82) is 0 Å². The van der Waals surface area contributed by atoms with Crippen molar-refractivity contribution in [2.45, 2.75) is 25.7 Å². The van der Waals surface area contributed by atoms with Crippen molar-refractivity contribution in [2.75, 3.05) is 20.1 Å². The average Bonchev–Trinajstić information content (AvgIpc) is 2.39. The summed E-state index contributed by atoms with van der Waals surface area (Å²) in [4.78, 5) is 11.6. The van der Waals surface area contributed by atoms with Gasteiger partial charge in [0.15, 0.2) is 0 Å². The molecular weight excluding hydrogens is 248 g/mol. The molecule has 1 aliphatic rings. The SMILES string of the molecule is CNC(=O)c1ccc(C2CCNCC2)cc1C.Cl. The van der Waals surface area contributed by atoms with Gasteiger partial charge in [-0.3, -0.25) is 4.79 Å². The third-order valence-corrected chi connectivity index (χ3v) is 3.53. The van der Waals surface area contributed by atoms with Gasteiger partial charge in [-0.1, -0.05) is 12.1 Å². The van der Waals surface area contributed by atoms with Crippen LogP contribution in [0.5, 0.6) is 0 Å². The van der Waals surface area contributed by atoms with Gasteiger partial charge in [0.25, 0.3) is 5.91 Å². The van der Waals surface area contributed by atoms with E-state index in [1.165, 1.54) is 18.4 Å². The van der Waals surface area contributed by atoms with Crippen LogP contribution in [0.2, 0.25) is 0 Å². The number of piperidine rings is 1. The summed E-state index contributed by atoms with van der Waals surface area (Å²) >= 11 is 0. The van der Waals surface area contributed by atoms with Crippen molar-refractivity contribution < 1.29 is 4.79 Å². The van der Waals surface area contributed by atoms with Gasteiger partial charge in [0.1, 0.15) is 0 Å². The fraction of sp³-hybridized carbons (Fsp3) is 0.500. The first kappa shape index (κ1) is 15.0. The maximum absolute atomic E-state index is 11.6. The molecule has 100 valence electrons. The fourth-order valence-corrected chi connectivity index (χ4v) is 2.49. The molecule has 1 amide bonds. The molecule has 0 atom stereocenters. The van der Waals surface area contributed by atoms with E-state index in [-0.39, 0.29) is 18.3 Å². The molecule has 1 saturated heterocycles. The number of halogens is 1. The summed E-state index contributed by atoms with van der Waals surface area (Å²) in [6.45, 7) is 4.21. The number of rotatable bonds is 2. The second kappa shape index (κ2) is 6.76. The van der Waals surface area contributed by atoms with Crippen molar-refractivity contribution in [1.82, 2.24) is 10.6 Å². The molecule has 0 aliphatic carbocycles. The lowest BCUT2D eigenvalue weighted by molar-refractivity contribution is 0.0962. The van der Waals surface area contributed by atoms with Gasteiger partial charge in [0.05, 0.1) is 0 Å². The van der Waals surface area contributed by atoms with Gasteiger partial charge in [-0.2, -0.15) is 0 Å². The molecule has 1 fully saturated rings. The summed E-state index contributed by atoms with van der Waals surface area (Å²) in [6, 6.07) is 6.22. The molecule has 0 spiro atoms. The number of hydrogen-bond donors (Lipinski definition) is 2. The monoisotopic (exact) mass is 268 g/mol. The predicted molar refractivity (Wildman–Crippen MR) is 76.7 cm³/mol. The normalized spacial score (nSPS) is 15.9. The lowest BCUT2D eigenvalue weighted by atomic mass is 9.88. The molecule has 0 bridgehead atoms. The van der Waals surface area contributed by atoms with Crippen LogP contribution in [0, 0.1) is 6.92 Å². The van der Waals surface area contributed by atoms with Crippen LogP contribution in [0.25, 0.3) is 0 Å². The smallest absolute Gasteiger partial charge is 0.251 e. The van der Waals surface area contributed by atoms with Gasteiger partial charge in [-0.05, 0) is 56.0 Å². The molecule has 2 rings (SSSR count). The van der Waals surface area contributed by atoms with Crippen molar-refractivity contribution in [2.24, 2.45) is 0 Å². The number of aryl methyl sites for hydroxylation is 1.